The van der Waals surface area contributed by atoms with Gasteiger partial charge in [-0.1, -0.05) is 0 Å². The number of carbonyl (C=O) groups excluding carboxylic acids is 2. The minimum atomic E-state index is -0.774. The molecule has 0 aromatic heterocycles. The Morgan fingerprint density at radius 1 is 0.957 bits per heavy atom. The molecule has 1 atom stereocenters. The summed E-state index contributed by atoms with van der Waals surface area (Å²) < 4.78 is 16.1. The van der Waals surface area contributed by atoms with Crippen LogP contribution in [0.3, 0.4) is 0 Å². The van der Waals surface area contributed by atoms with Crippen molar-refractivity contribution < 1.29 is 23.8 Å². The van der Waals surface area contributed by atoms with Gasteiger partial charge in [-0.3, -0.25) is 9.59 Å². The minimum absolute atomic E-state index is 0.260. The van der Waals surface area contributed by atoms with Gasteiger partial charge < -0.3 is 24.8 Å². The second kappa shape index (κ2) is 5.33. The van der Waals surface area contributed by atoms with Gasteiger partial charge in [0.15, 0.2) is 11.5 Å². The quantitative estimate of drug-likeness (QED) is 0.801. The van der Waals surface area contributed by atoms with Crippen molar-refractivity contribution in [3.8, 4) is 17.2 Å². The molecule has 124 valence electrons. The molecule has 3 saturated heterocycles. The van der Waals surface area contributed by atoms with E-state index < -0.39 is 11.6 Å². The predicted octanol–water partition coefficient (Wildman–Crippen LogP) is 0.778. The lowest BCUT2D eigenvalue weighted by Gasteiger charge is -2.48. The molecule has 1 aromatic carbocycles. The van der Waals surface area contributed by atoms with Crippen molar-refractivity contribution in [3.05, 3.63) is 17.7 Å². The number of fused-ring (bicyclic) bond motifs is 3. The summed E-state index contributed by atoms with van der Waals surface area (Å²) in [5.74, 6) is 0.0732. The van der Waals surface area contributed by atoms with Crippen LogP contribution in [0.4, 0.5) is 0 Å². The van der Waals surface area contributed by atoms with Gasteiger partial charge >= 0.3 is 0 Å². The van der Waals surface area contributed by atoms with Crippen LogP contribution < -0.4 is 24.8 Å². The van der Waals surface area contributed by atoms with Gasteiger partial charge in [0.1, 0.15) is 17.3 Å². The van der Waals surface area contributed by atoms with Gasteiger partial charge in [0, 0.05) is 17.5 Å². The highest BCUT2D eigenvalue weighted by Gasteiger charge is 2.53. The number of nitrogens with one attached hydrogen (secondary N) is 2. The molecular weight excluding hydrogens is 300 g/mol. The maximum absolute atomic E-state index is 12.3. The van der Waals surface area contributed by atoms with E-state index in [2.05, 4.69) is 10.6 Å². The highest BCUT2D eigenvalue weighted by atomic mass is 16.5. The molecule has 2 bridgehead atoms. The monoisotopic (exact) mass is 320 g/mol. The van der Waals surface area contributed by atoms with Gasteiger partial charge in [0.25, 0.3) is 0 Å². The van der Waals surface area contributed by atoms with Crippen molar-refractivity contribution >= 4 is 11.8 Å². The Hall–Kier alpha value is -2.44. The van der Waals surface area contributed by atoms with Crippen LogP contribution in [0.2, 0.25) is 0 Å². The lowest BCUT2D eigenvalue weighted by Crippen LogP contribution is -2.72. The number of piperidine rings is 2. The molecule has 23 heavy (non-hydrogen) atoms. The molecule has 7 heteroatoms. The van der Waals surface area contributed by atoms with Crippen LogP contribution in [-0.4, -0.2) is 38.8 Å². The number of carbonyl (C=O) groups is 2. The SMILES string of the molecule is COc1cc(OC)c([C@@H]2CC3(C)NC(=O)C2C(=O)N3)cc1OC. The van der Waals surface area contributed by atoms with E-state index in [0.29, 0.717) is 23.7 Å². The van der Waals surface area contributed by atoms with Gasteiger partial charge in [0.2, 0.25) is 11.8 Å². The highest BCUT2D eigenvalue weighted by Crippen LogP contribution is 2.46. The van der Waals surface area contributed by atoms with E-state index in [9.17, 15) is 9.59 Å². The summed E-state index contributed by atoms with van der Waals surface area (Å²) >= 11 is 0. The Morgan fingerprint density at radius 2 is 1.48 bits per heavy atom. The Kier molecular flexibility index (Phi) is 3.58. The summed E-state index contributed by atoms with van der Waals surface area (Å²) in [6, 6.07) is 3.50. The summed E-state index contributed by atoms with van der Waals surface area (Å²) in [4.78, 5) is 24.5. The van der Waals surface area contributed by atoms with Crippen LogP contribution in [0, 0.1) is 5.92 Å². The Balaban J connectivity index is 2.11. The van der Waals surface area contributed by atoms with Crippen LogP contribution in [0.25, 0.3) is 0 Å². The molecule has 3 aliphatic rings. The zero-order chi connectivity index (χ0) is 16.8. The maximum atomic E-state index is 12.3. The van der Waals surface area contributed by atoms with Gasteiger partial charge in [-0.15, -0.1) is 0 Å². The first-order valence-electron chi connectivity index (χ1n) is 7.36. The first-order valence-corrected chi connectivity index (χ1v) is 7.36. The van der Waals surface area contributed by atoms with E-state index in [0.717, 1.165) is 5.56 Å². The van der Waals surface area contributed by atoms with E-state index in [1.54, 1.807) is 40.4 Å². The second-order valence-electron chi connectivity index (χ2n) is 6.05. The fourth-order valence-corrected chi connectivity index (χ4v) is 3.51. The Labute approximate surface area is 134 Å². The third-order valence-corrected chi connectivity index (χ3v) is 4.53. The van der Waals surface area contributed by atoms with Crippen LogP contribution in [0.15, 0.2) is 12.1 Å². The van der Waals surface area contributed by atoms with Gasteiger partial charge in [-0.25, -0.2) is 0 Å². The lowest BCUT2D eigenvalue weighted by atomic mass is 9.72. The van der Waals surface area contributed by atoms with E-state index in [1.165, 1.54) is 0 Å². The number of methoxy groups -OCH3 is 3. The number of rotatable bonds is 4. The number of benzene rings is 1. The number of amides is 2. The lowest BCUT2D eigenvalue weighted by molar-refractivity contribution is -0.149. The van der Waals surface area contributed by atoms with Crippen molar-refractivity contribution in [2.75, 3.05) is 21.3 Å². The van der Waals surface area contributed by atoms with Gasteiger partial charge in [-0.05, 0) is 19.4 Å². The topological polar surface area (TPSA) is 85.9 Å². The third kappa shape index (κ3) is 2.36. The zero-order valence-electron chi connectivity index (χ0n) is 13.6. The normalized spacial score (nSPS) is 28.9. The predicted molar refractivity (Wildman–Crippen MR) is 81.6 cm³/mol. The summed E-state index contributed by atoms with van der Waals surface area (Å²) in [6.45, 7) is 1.80. The van der Waals surface area contributed by atoms with Gasteiger partial charge in [0.05, 0.1) is 21.3 Å². The van der Waals surface area contributed by atoms with Crippen LogP contribution in [0.5, 0.6) is 17.2 Å². The second-order valence-corrected chi connectivity index (χ2v) is 6.05. The first-order chi connectivity index (χ1) is 10.9. The molecule has 0 spiro atoms. The summed E-state index contributed by atoms with van der Waals surface area (Å²) in [5, 5.41) is 5.69. The Morgan fingerprint density at radius 3 is 1.96 bits per heavy atom. The Bertz CT molecular complexity index is 655. The molecule has 3 fully saturated rings. The van der Waals surface area contributed by atoms with Crippen LogP contribution in [0.1, 0.15) is 24.8 Å². The average Bonchev–Trinajstić information content (AvgIpc) is 2.51. The largest absolute Gasteiger partial charge is 0.496 e. The molecule has 3 heterocycles. The molecule has 7 nitrogen and oxygen atoms in total. The first kappa shape index (κ1) is 15.5. The minimum Gasteiger partial charge on any atom is -0.496 e. The molecule has 3 aliphatic heterocycles. The molecule has 0 unspecified atom stereocenters. The van der Waals surface area contributed by atoms with Crippen molar-refractivity contribution in [2.24, 2.45) is 5.92 Å². The standard InChI is InChI=1S/C16H20N2O5/c1-16-7-9(13(14(19)17-16)15(20)18-16)8-5-11(22-3)12(23-4)6-10(8)21-2/h5-6,9,13H,7H2,1-4H3,(H,17,19)(H,18,20)/t9-,13?,16?/m0/s1. The molecule has 1 aromatic rings. The maximum Gasteiger partial charge on any atom is 0.235 e. The van der Waals surface area contributed by atoms with E-state index >= 15 is 0 Å². The fraction of sp³-hybridized carbons (Fsp3) is 0.500. The number of hydrogen-bond acceptors (Lipinski definition) is 5. The average molecular weight is 320 g/mol. The molecule has 0 aliphatic carbocycles. The highest BCUT2D eigenvalue weighted by molar-refractivity contribution is 6.05. The summed E-state index contributed by atoms with van der Waals surface area (Å²) in [5.41, 5.74) is 0.0252. The van der Waals surface area contributed by atoms with Gasteiger partial charge in [-0.2, -0.15) is 0 Å². The van der Waals surface area contributed by atoms with Crippen LogP contribution in [-0.2, 0) is 9.59 Å². The van der Waals surface area contributed by atoms with E-state index in [1.807, 2.05) is 0 Å². The van der Waals surface area contributed by atoms with Crippen molar-refractivity contribution in [3.63, 3.8) is 0 Å². The number of hydrogen-bond donors (Lipinski definition) is 2. The smallest absolute Gasteiger partial charge is 0.235 e. The molecule has 0 radical (unpaired) electrons. The summed E-state index contributed by atoms with van der Waals surface area (Å²) in [7, 11) is 4.64. The fourth-order valence-electron chi connectivity index (χ4n) is 3.51. The molecule has 2 N–H and O–H groups in total. The molecule has 0 saturated carbocycles. The van der Waals surface area contributed by atoms with Crippen LogP contribution >= 0.6 is 0 Å². The zero-order valence-corrected chi connectivity index (χ0v) is 13.6. The van der Waals surface area contributed by atoms with Crippen molar-refractivity contribution in [1.29, 1.82) is 0 Å². The molecule has 2 amide bonds. The van der Waals surface area contributed by atoms with Crippen molar-refractivity contribution in [2.45, 2.75) is 24.9 Å². The molecular formula is C16H20N2O5. The number of ether oxygens (including phenoxy) is 3. The third-order valence-electron chi connectivity index (χ3n) is 4.53. The molecule has 4 rings (SSSR count). The van der Waals surface area contributed by atoms with E-state index in [-0.39, 0.29) is 17.7 Å². The summed E-state index contributed by atoms with van der Waals surface area (Å²) in [6.07, 6.45) is 0.584. The van der Waals surface area contributed by atoms with E-state index in [4.69, 9.17) is 14.2 Å². The van der Waals surface area contributed by atoms with Crippen molar-refractivity contribution in [1.82, 2.24) is 10.6 Å².